The smallest absolute Gasteiger partial charge is 0.165 e. The number of nitrogens with two attached hydrogens (primary N) is 2. The minimum absolute atomic E-state index is 0.102. The molecule has 1 aliphatic carbocycles. The molecule has 3 nitrogen and oxygen atoms in total. The van der Waals surface area contributed by atoms with Crippen LogP contribution in [0.3, 0.4) is 0 Å². The van der Waals surface area contributed by atoms with E-state index in [4.69, 9.17) is 11.5 Å². The summed E-state index contributed by atoms with van der Waals surface area (Å²) in [5.41, 5.74) is 13.5. The first-order valence-corrected chi connectivity index (χ1v) is 3.86. The highest BCUT2D eigenvalue weighted by molar-refractivity contribution is 6.01. The molecule has 0 aromatic heterocycles. The summed E-state index contributed by atoms with van der Waals surface area (Å²) in [7, 11) is 0. The van der Waals surface area contributed by atoms with Crippen LogP contribution in [0.1, 0.15) is 28.4 Å². The Hall–Kier alpha value is -1.35. The molecule has 0 unspecified atom stereocenters. The number of carbonyl (C=O) groups is 1. The van der Waals surface area contributed by atoms with Gasteiger partial charge in [-0.25, -0.2) is 0 Å². The van der Waals surface area contributed by atoms with E-state index >= 15 is 0 Å². The summed E-state index contributed by atoms with van der Waals surface area (Å²) >= 11 is 0. The Morgan fingerprint density at radius 2 is 2.17 bits per heavy atom. The molecule has 0 amide bonds. The topological polar surface area (TPSA) is 69.1 Å². The van der Waals surface area contributed by atoms with Crippen molar-refractivity contribution in [1.82, 2.24) is 0 Å². The number of Topliss-reactive ketones (excluding diaryl/α,β-unsaturated/α-hetero) is 1. The van der Waals surface area contributed by atoms with Crippen molar-refractivity contribution in [2.45, 2.75) is 12.5 Å². The lowest BCUT2D eigenvalue weighted by Gasteiger charge is -2.02. The van der Waals surface area contributed by atoms with E-state index in [1.165, 1.54) is 0 Å². The van der Waals surface area contributed by atoms with Gasteiger partial charge >= 0.3 is 0 Å². The molecule has 12 heavy (non-hydrogen) atoms. The molecule has 0 bridgehead atoms. The molecule has 1 aromatic carbocycles. The minimum atomic E-state index is -0.131. The lowest BCUT2D eigenvalue weighted by Crippen LogP contribution is -2.05. The average Bonchev–Trinajstić information content (AvgIpc) is 2.28. The Morgan fingerprint density at radius 1 is 1.42 bits per heavy atom. The SMILES string of the molecule is Nc1ccc2c(c1)C(=O)C[C@H]2N. The molecule has 1 aromatic rings. The van der Waals surface area contributed by atoms with Crippen LogP contribution in [0.4, 0.5) is 5.69 Å². The van der Waals surface area contributed by atoms with Crippen molar-refractivity contribution in [3.8, 4) is 0 Å². The molecule has 0 radical (unpaired) electrons. The van der Waals surface area contributed by atoms with Gasteiger partial charge in [0.25, 0.3) is 0 Å². The molecule has 0 spiro atoms. The molecule has 0 saturated heterocycles. The second-order valence-corrected chi connectivity index (χ2v) is 3.08. The van der Waals surface area contributed by atoms with E-state index < -0.39 is 0 Å². The zero-order valence-corrected chi connectivity index (χ0v) is 6.58. The first kappa shape index (κ1) is 7.31. The molecule has 0 fully saturated rings. The fourth-order valence-corrected chi connectivity index (χ4v) is 1.56. The van der Waals surface area contributed by atoms with E-state index in [2.05, 4.69) is 0 Å². The number of benzene rings is 1. The summed E-state index contributed by atoms with van der Waals surface area (Å²) in [6, 6.07) is 5.18. The maximum Gasteiger partial charge on any atom is 0.165 e. The quantitative estimate of drug-likeness (QED) is 0.556. The number of hydrogen-bond acceptors (Lipinski definition) is 3. The molecule has 1 atom stereocenters. The molecular weight excluding hydrogens is 152 g/mol. The predicted molar refractivity (Wildman–Crippen MR) is 46.7 cm³/mol. The Bertz CT molecular complexity index is 346. The summed E-state index contributed by atoms with van der Waals surface area (Å²) in [5, 5.41) is 0. The number of anilines is 1. The lowest BCUT2D eigenvalue weighted by molar-refractivity contribution is 0.0989. The van der Waals surface area contributed by atoms with Crippen LogP contribution in [-0.2, 0) is 0 Å². The van der Waals surface area contributed by atoms with Crippen LogP contribution in [-0.4, -0.2) is 5.78 Å². The molecule has 4 N–H and O–H groups in total. The summed E-state index contributed by atoms with van der Waals surface area (Å²) < 4.78 is 0. The second kappa shape index (κ2) is 2.32. The highest BCUT2D eigenvalue weighted by Gasteiger charge is 2.26. The third-order valence-corrected chi connectivity index (χ3v) is 2.18. The van der Waals surface area contributed by atoms with Gasteiger partial charge in [-0.2, -0.15) is 0 Å². The normalized spacial score (nSPS) is 21.1. The molecule has 0 heterocycles. The van der Waals surface area contributed by atoms with Crippen LogP contribution in [0.5, 0.6) is 0 Å². The fraction of sp³-hybridized carbons (Fsp3) is 0.222. The van der Waals surface area contributed by atoms with Crippen molar-refractivity contribution in [2.75, 3.05) is 5.73 Å². The van der Waals surface area contributed by atoms with Gasteiger partial charge in [-0.1, -0.05) is 6.07 Å². The number of carbonyl (C=O) groups excluding carboxylic acids is 1. The van der Waals surface area contributed by atoms with Crippen molar-refractivity contribution in [2.24, 2.45) is 5.73 Å². The van der Waals surface area contributed by atoms with Gasteiger partial charge in [0.1, 0.15) is 0 Å². The number of nitrogen functional groups attached to an aromatic ring is 1. The average molecular weight is 162 g/mol. The zero-order valence-electron chi connectivity index (χ0n) is 6.58. The zero-order chi connectivity index (χ0) is 8.72. The van der Waals surface area contributed by atoms with Crippen LogP contribution in [0, 0.1) is 0 Å². The molecule has 0 aliphatic heterocycles. The van der Waals surface area contributed by atoms with E-state index in [9.17, 15) is 4.79 Å². The number of fused-ring (bicyclic) bond motifs is 1. The number of ketones is 1. The first-order chi connectivity index (χ1) is 5.68. The van der Waals surface area contributed by atoms with Crippen LogP contribution >= 0.6 is 0 Å². The third-order valence-electron chi connectivity index (χ3n) is 2.18. The second-order valence-electron chi connectivity index (χ2n) is 3.08. The molecular formula is C9H10N2O. The molecule has 0 saturated carbocycles. The first-order valence-electron chi connectivity index (χ1n) is 3.86. The van der Waals surface area contributed by atoms with Crippen LogP contribution < -0.4 is 11.5 Å². The van der Waals surface area contributed by atoms with Crippen molar-refractivity contribution in [3.63, 3.8) is 0 Å². The summed E-state index contributed by atoms with van der Waals surface area (Å²) in [6.45, 7) is 0. The molecule has 3 heteroatoms. The molecule has 1 aliphatic rings. The maximum atomic E-state index is 11.3. The Kier molecular flexibility index (Phi) is 1.41. The van der Waals surface area contributed by atoms with Gasteiger partial charge in [0.15, 0.2) is 5.78 Å². The van der Waals surface area contributed by atoms with Crippen LogP contribution in [0.15, 0.2) is 18.2 Å². The summed E-state index contributed by atoms with van der Waals surface area (Å²) in [4.78, 5) is 11.3. The van der Waals surface area contributed by atoms with E-state index in [0.29, 0.717) is 17.7 Å². The van der Waals surface area contributed by atoms with E-state index in [0.717, 1.165) is 5.56 Å². The lowest BCUT2D eigenvalue weighted by atomic mass is 10.1. The maximum absolute atomic E-state index is 11.3. The molecule has 2 rings (SSSR count). The fourth-order valence-electron chi connectivity index (χ4n) is 1.56. The highest BCUT2D eigenvalue weighted by atomic mass is 16.1. The van der Waals surface area contributed by atoms with Crippen molar-refractivity contribution < 1.29 is 4.79 Å². The van der Waals surface area contributed by atoms with Gasteiger partial charge in [0.05, 0.1) is 0 Å². The van der Waals surface area contributed by atoms with Crippen molar-refractivity contribution in [1.29, 1.82) is 0 Å². The van der Waals surface area contributed by atoms with E-state index in [1.54, 1.807) is 12.1 Å². The van der Waals surface area contributed by atoms with Gasteiger partial charge in [-0.3, -0.25) is 4.79 Å². The standard InChI is InChI=1S/C9H10N2O/c10-5-1-2-6-7(3-5)9(12)4-8(6)11/h1-3,8H,4,10-11H2/t8-/m1/s1. The Labute approximate surface area is 70.4 Å². The van der Waals surface area contributed by atoms with Crippen LogP contribution in [0.25, 0.3) is 0 Å². The van der Waals surface area contributed by atoms with E-state index in [-0.39, 0.29) is 11.8 Å². The van der Waals surface area contributed by atoms with Gasteiger partial charge in [-0.15, -0.1) is 0 Å². The van der Waals surface area contributed by atoms with Crippen molar-refractivity contribution >= 4 is 11.5 Å². The largest absolute Gasteiger partial charge is 0.399 e. The van der Waals surface area contributed by atoms with Crippen LogP contribution in [0.2, 0.25) is 0 Å². The predicted octanol–water partition coefficient (Wildman–Crippen LogP) is 0.855. The van der Waals surface area contributed by atoms with E-state index in [1.807, 2.05) is 6.07 Å². The number of rotatable bonds is 0. The number of hydrogen-bond donors (Lipinski definition) is 2. The van der Waals surface area contributed by atoms with Gasteiger partial charge in [0.2, 0.25) is 0 Å². The Morgan fingerprint density at radius 3 is 2.92 bits per heavy atom. The summed E-state index contributed by atoms with van der Waals surface area (Å²) in [6.07, 6.45) is 0.415. The van der Waals surface area contributed by atoms with Crippen molar-refractivity contribution in [3.05, 3.63) is 29.3 Å². The Balaban J connectivity index is 2.60. The van der Waals surface area contributed by atoms with Gasteiger partial charge < -0.3 is 11.5 Å². The minimum Gasteiger partial charge on any atom is -0.399 e. The van der Waals surface area contributed by atoms with Gasteiger partial charge in [0, 0.05) is 23.7 Å². The highest BCUT2D eigenvalue weighted by Crippen LogP contribution is 2.30. The third kappa shape index (κ3) is 0.905. The van der Waals surface area contributed by atoms with Gasteiger partial charge in [-0.05, 0) is 17.7 Å². The summed E-state index contributed by atoms with van der Waals surface area (Å²) in [5.74, 6) is 0.102. The monoisotopic (exact) mass is 162 g/mol. The molecule has 62 valence electrons.